The number of nitrogens with two attached hydrogens (primary N) is 1. The normalized spacial score (nSPS) is 11.3. The Labute approximate surface area is 232 Å². The summed E-state index contributed by atoms with van der Waals surface area (Å²) >= 11 is 1.26. The van der Waals surface area contributed by atoms with Crippen molar-refractivity contribution in [1.82, 2.24) is 4.98 Å². The van der Waals surface area contributed by atoms with Crippen molar-refractivity contribution in [2.45, 2.75) is 30.5 Å². The highest BCUT2D eigenvalue weighted by molar-refractivity contribution is 8.00. The predicted molar refractivity (Wildman–Crippen MR) is 155 cm³/mol. The Balaban J connectivity index is 1.72. The van der Waals surface area contributed by atoms with Gasteiger partial charge in [-0.25, -0.2) is 4.98 Å². The fraction of sp³-hybridized carbons (Fsp3) is 0.161. The van der Waals surface area contributed by atoms with Gasteiger partial charge >= 0.3 is 0 Å². The molecular formula is C31H28N4O3S. The lowest BCUT2D eigenvalue weighted by atomic mass is 9.98. The molecule has 0 saturated carbocycles. The first-order valence-electron chi connectivity index (χ1n) is 12.4. The number of aryl methyl sites for hydroxylation is 1. The van der Waals surface area contributed by atoms with Crippen molar-refractivity contribution in [2.24, 2.45) is 5.73 Å². The SMILES string of the molecule is CCC(Sc1nc(-c2ccc(OC)cc2)cc(-c2ccc(C)cc2)c1C#N)C(=O)Nc1ccc(C(N)=O)cc1. The number of nitrogens with one attached hydrogen (secondary N) is 1. The van der Waals surface area contributed by atoms with E-state index in [0.29, 0.717) is 34.0 Å². The van der Waals surface area contributed by atoms with Gasteiger partial charge in [-0.2, -0.15) is 5.26 Å². The smallest absolute Gasteiger partial charge is 0.248 e. The molecule has 0 spiro atoms. The number of methoxy groups -OCH3 is 1. The third-order valence-electron chi connectivity index (χ3n) is 6.20. The van der Waals surface area contributed by atoms with E-state index in [1.807, 2.05) is 68.4 Å². The van der Waals surface area contributed by atoms with Crippen LogP contribution < -0.4 is 15.8 Å². The Morgan fingerprint density at radius 3 is 2.23 bits per heavy atom. The predicted octanol–water partition coefficient (Wildman–Crippen LogP) is 6.21. The van der Waals surface area contributed by atoms with E-state index in [1.54, 1.807) is 31.4 Å². The number of nitriles is 1. The van der Waals surface area contributed by atoms with Crippen LogP contribution in [0.4, 0.5) is 5.69 Å². The molecule has 196 valence electrons. The first kappa shape index (κ1) is 27.4. The van der Waals surface area contributed by atoms with Crippen molar-refractivity contribution < 1.29 is 14.3 Å². The second kappa shape index (κ2) is 12.3. The minimum atomic E-state index is -0.536. The second-order valence-corrected chi connectivity index (χ2v) is 10.1. The molecule has 1 atom stereocenters. The van der Waals surface area contributed by atoms with E-state index < -0.39 is 11.2 Å². The number of nitrogens with zero attached hydrogens (tertiary/aromatic N) is 2. The van der Waals surface area contributed by atoms with Crippen molar-refractivity contribution in [3.8, 4) is 34.2 Å². The summed E-state index contributed by atoms with van der Waals surface area (Å²) < 4.78 is 5.30. The van der Waals surface area contributed by atoms with Crippen LogP contribution in [-0.4, -0.2) is 29.2 Å². The number of carbonyl (C=O) groups is 2. The third-order valence-corrected chi connectivity index (χ3v) is 7.55. The molecule has 0 aliphatic rings. The molecule has 3 N–H and O–H groups in total. The minimum absolute atomic E-state index is 0.230. The van der Waals surface area contributed by atoms with Crippen molar-refractivity contribution in [2.75, 3.05) is 12.4 Å². The Kier molecular flexibility index (Phi) is 8.64. The number of thioether (sulfide) groups is 1. The number of hydrogen-bond acceptors (Lipinski definition) is 6. The highest BCUT2D eigenvalue weighted by Gasteiger charge is 2.23. The van der Waals surface area contributed by atoms with Gasteiger partial charge in [0.25, 0.3) is 0 Å². The molecule has 0 bridgehead atoms. The Bertz CT molecular complexity index is 1530. The summed E-state index contributed by atoms with van der Waals surface area (Å²) in [7, 11) is 1.61. The number of anilines is 1. The van der Waals surface area contributed by atoms with Crippen LogP contribution in [0.3, 0.4) is 0 Å². The zero-order valence-electron chi connectivity index (χ0n) is 21.9. The van der Waals surface area contributed by atoms with Crippen molar-refractivity contribution >= 4 is 29.3 Å². The topological polar surface area (TPSA) is 118 Å². The quantitative estimate of drug-likeness (QED) is 0.246. The van der Waals surface area contributed by atoms with E-state index in [9.17, 15) is 14.9 Å². The number of aromatic nitrogens is 1. The zero-order valence-corrected chi connectivity index (χ0v) is 22.7. The van der Waals surface area contributed by atoms with Gasteiger partial charge in [-0.1, -0.05) is 48.5 Å². The van der Waals surface area contributed by atoms with Gasteiger partial charge in [0.1, 0.15) is 16.8 Å². The van der Waals surface area contributed by atoms with Crippen LogP contribution >= 0.6 is 11.8 Å². The van der Waals surface area contributed by atoms with Gasteiger partial charge in [-0.3, -0.25) is 9.59 Å². The molecule has 1 aromatic heterocycles. The molecule has 1 unspecified atom stereocenters. The number of carbonyl (C=O) groups excluding carboxylic acids is 2. The van der Waals surface area contributed by atoms with E-state index in [1.165, 1.54) is 11.8 Å². The van der Waals surface area contributed by atoms with Gasteiger partial charge in [-0.15, -0.1) is 0 Å². The molecule has 0 saturated heterocycles. The molecule has 4 aromatic rings. The monoisotopic (exact) mass is 536 g/mol. The van der Waals surface area contributed by atoms with E-state index >= 15 is 0 Å². The van der Waals surface area contributed by atoms with Gasteiger partial charge in [0.2, 0.25) is 11.8 Å². The largest absolute Gasteiger partial charge is 0.497 e. The Hall–Kier alpha value is -4.61. The number of pyridine rings is 1. The third kappa shape index (κ3) is 6.46. The van der Waals surface area contributed by atoms with Crippen LogP contribution in [0.25, 0.3) is 22.4 Å². The molecule has 3 aromatic carbocycles. The standard InChI is InChI=1S/C31H28N4O3S/c1-4-28(30(37)34-23-13-9-22(10-14-23)29(33)36)39-31-26(18-32)25(20-7-5-19(2)6-8-20)17-27(35-31)21-11-15-24(38-3)16-12-21/h5-17,28H,4H2,1-3H3,(H2,33,36)(H,34,37). The number of primary amides is 1. The highest BCUT2D eigenvalue weighted by atomic mass is 32.2. The number of amides is 2. The maximum Gasteiger partial charge on any atom is 0.248 e. The maximum atomic E-state index is 13.2. The van der Waals surface area contributed by atoms with Crippen molar-refractivity contribution in [1.29, 1.82) is 5.26 Å². The van der Waals surface area contributed by atoms with Crippen molar-refractivity contribution in [3.63, 3.8) is 0 Å². The van der Waals surface area contributed by atoms with Crippen LogP contribution in [0.5, 0.6) is 5.75 Å². The van der Waals surface area contributed by atoms with Crippen LogP contribution in [0.2, 0.25) is 0 Å². The fourth-order valence-corrected chi connectivity index (χ4v) is 5.01. The number of rotatable bonds is 9. The van der Waals surface area contributed by atoms with Gasteiger partial charge in [0.05, 0.1) is 23.6 Å². The molecule has 0 fully saturated rings. The van der Waals surface area contributed by atoms with Gasteiger partial charge in [0, 0.05) is 22.4 Å². The molecule has 0 aliphatic carbocycles. The zero-order chi connectivity index (χ0) is 27.9. The first-order valence-corrected chi connectivity index (χ1v) is 13.2. The minimum Gasteiger partial charge on any atom is -0.497 e. The Morgan fingerprint density at radius 1 is 1.03 bits per heavy atom. The summed E-state index contributed by atoms with van der Waals surface area (Å²) in [6, 6.07) is 26.2. The van der Waals surface area contributed by atoms with Crippen molar-refractivity contribution in [3.05, 3.63) is 95.6 Å². The van der Waals surface area contributed by atoms with Crippen LogP contribution in [0.15, 0.2) is 83.9 Å². The van der Waals surface area contributed by atoms with Crippen LogP contribution in [0.1, 0.15) is 34.8 Å². The van der Waals surface area contributed by atoms with Crippen LogP contribution in [-0.2, 0) is 4.79 Å². The first-order chi connectivity index (χ1) is 18.8. The van der Waals surface area contributed by atoms with Gasteiger partial charge in [-0.05, 0) is 73.5 Å². The number of hydrogen-bond donors (Lipinski definition) is 2. The maximum absolute atomic E-state index is 13.2. The lowest BCUT2D eigenvalue weighted by Crippen LogP contribution is -2.25. The molecule has 1 heterocycles. The molecule has 8 heteroatoms. The molecule has 0 radical (unpaired) electrons. The van der Waals surface area contributed by atoms with E-state index in [-0.39, 0.29) is 5.91 Å². The van der Waals surface area contributed by atoms with Crippen LogP contribution in [0, 0.1) is 18.3 Å². The van der Waals surface area contributed by atoms with E-state index in [4.69, 9.17) is 15.5 Å². The molecule has 2 amide bonds. The number of ether oxygens (including phenoxy) is 1. The lowest BCUT2D eigenvalue weighted by molar-refractivity contribution is -0.115. The van der Waals surface area contributed by atoms with E-state index in [0.717, 1.165) is 28.0 Å². The average molecular weight is 537 g/mol. The average Bonchev–Trinajstić information content (AvgIpc) is 2.96. The summed E-state index contributed by atoms with van der Waals surface area (Å²) in [5.74, 6) is -0.0369. The summed E-state index contributed by atoms with van der Waals surface area (Å²) in [6.45, 7) is 3.92. The molecule has 39 heavy (non-hydrogen) atoms. The van der Waals surface area contributed by atoms with E-state index in [2.05, 4.69) is 11.4 Å². The summed E-state index contributed by atoms with van der Waals surface area (Å²) in [6.07, 6.45) is 0.509. The fourth-order valence-electron chi connectivity index (χ4n) is 3.98. The highest BCUT2D eigenvalue weighted by Crippen LogP contribution is 2.37. The Morgan fingerprint density at radius 2 is 1.67 bits per heavy atom. The van der Waals surface area contributed by atoms with Gasteiger partial charge < -0.3 is 15.8 Å². The lowest BCUT2D eigenvalue weighted by Gasteiger charge is -2.18. The molecule has 7 nitrogen and oxygen atoms in total. The number of benzene rings is 3. The second-order valence-electron chi connectivity index (χ2n) is 8.89. The molecule has 4 rings (SSSR count). The molecular weight excluding hydrogens is 508 g/mol. The summed E-state index contributed by atoms with van der Waals surface area (Å²) in [4.78, 5) is 29.4. The summed E-state index contributed by atoms with van der Waals surface area (Å²) in [5, 5.41) is 13.1. The molecule has 0 aliphatic heterocycles. The summed E-state index contributed by atoms with van der Waals surface area (Å²) in [5.41, 5.74) is 10.9. The van der Waals surface area contributed by atoms with Gasteiger partial charge in [0.15, 0.2) is 0 Å².